The highest BCUT2D eigenvalue weighted by molar-refractivity contribution is 6.30. The third-order valence-corrected chi connectivity index (χ3v) is 3.30. The highest BCUT2D eigenvalue weighted by Gasteiger charge is 2.01. The monoisotopic (exact) mass is 327 g/mol. The van der Waals surface area contributed by atoms with Crippen LogP contribution in [0.25, 0.3) is 0 Å². The van der Waals surface area contributed by atoms with Crippen molar-refractivity contribution in [1.82, 2.24) is 9.97 Å². The van der Waals surface area contributed by atoms with Crippen LogP contribution in [0.4, 0.5) is 11.6 Å². The Kier molecular flexibility index (Phi) is 4.59. The summed E-state index contributed by atoms with van der Waals surface area (Å²) >= 11 is 5.84. The average Bonchev–Trinajstić information content (AvgIpc) is 2.58. The molecule has 0 saturated carbocycles. The number of phenols is 1. The molecule has 5 nitrogen and oxygen atoms in total. The van der Waals surface area contributed by atoms with Gasteiger partial charge >= 0.3 is 0 Å². The van der Waals surface area contributed by atoms with Crippen LogP contribution in [0.2, 0.25) is 5.02 Å². The molecule has 2 aromatic carbocycles. The Labute approximate surface area is 138 Å². The highest BCUT2D eigenvalue weighted by atomic mass is 35.5. The summed E-state index contributed by atoms with van der Waals surface area (Å²) in [6.07, 6.45) is 3.40. The highest BCUT2D eigenvalue weighted by Crippen LogP contribution is 2.18. The Balaban J connectivity index is 1.58. The van der Waals surface area contributed by atoms with E-state index in [-0.39, 0.29) is 5.75 Å². The molecule has 1 heterocycles. The maximum Gasteiger partial charge on any atom is 0.227 e. The lowest BCUT2D eigenvalue weighted by Gasteiger charge is -2.07. The van der Waals surface area contributed by atoms with Gasteiger partial charge in [-0.2, -0.15) is 0 Å². The lowest BCUT2D eigenvalue weighted by Crippen LogP contribution is -2.00. The van der Waals surface area contributed by atoms with E-state index in [9.17, 15) is 5.11 Å². The summed E-state index contributed by atoms with van der Waals surface area (Å²) < 4.78 is 5.59. The molecule has 0 radical (unpaired) electrons. The van der Waals surface area contributed by atoms with Gasteiger partial charge in [-0.05, 0) is 48.5 Å². The van der Waals surface area contributed by atoms with Crippen LogP contribution in [0, 0.1) is 0 Å². The smallest absolute Gasteiger partial charge is 0.227 e. The lowest BCUT2D eigenvalue weighted by molar-refractivity contribution is 0.304. The second-order valence-corrected chi connectivity index (χ2v) is 5.27. The van der Waals surface area contributed by atoms with E-state index in [1.165, 1.54) is 0 Å². The summed E-state index contributed by atoms with van der Waals surface area (Å²) in [7, 11) is 0. The predicted molar refractivity (Wildman–Crippen MR) is 89.2 cm³/mol. The van der Waals surface area contributed by atoms with E-state index in [2.05, 4.69) is 15.3 Å². The Morgan fingerprint density at radius 2 is 1.61 bits per heavy atom. The molecule has 0 fully saturated rings. The number of rotatable bonds is 5. The molecular formula is C17H14ClN3O2. The van der Waals surface area contributed by atoms with E-state index in [4.69, 9.17) is 16.3 Å². The van der Waals surface area contributed by atoms with Gasteiger partial charge in [-0.3, -0.25) is 0 Å². The maximum absolute atomic E-state index is 9.22. The third kappa shape index (κ3) is 4.34. The van der Waals surface area contributed by atoms with E-state index in [0.717, 1.165) is 11.3 Å². The topological polar surface area (TPSA) is 67.3 Å². The second-order valence-electron chi connectivity index (χ2n) is 4.83. The molecule has 0 aliphatic heterocycles. The first kappa shape index (κ1) is 15.1. The fraction of sp³-hybridized carbons (Fsp3) is 0.0588. The lowest BCUT2D eigenvalue weighted by atomic mass is 10.3. The summed E-state index contributed by atoms with van der Waals surface area (Å²) in [5.41, 5.74) is 1.71. The van der Waals surface area contributed by atoms with Gasteiger partial charge in [0.25, 0.3) is 0 Å². The normalized spacial score (nSPS) is 10.3. The molecule has 116 valence electrons. The number of nitrogens with one attached hydrogen (secondary N) is 1. The minimum Gasteiger partial charge on any atom is -0.508 e. The van der Waals surface area contributed by atoms with E-state index < -0.39 is 0 Å². The van der Waals surface area contributed by atoms with Gasteiger partial charge in [0.2, 0.25) is 5.95 Å². The minimum absolute atomic E-state index is 0.207. The van der Waals surface area contributed by atoms with Crippen molar-refractivity contribution in [1.29, 1.82) is 0 Å². The van der Waals surface area contributed by atoms with Crippen molar-refractivity contribution < 1.29 is 9.84 Å². The number of ether oxygens (including phenoxy) is 1. The number of phenolic OH excluding ortho intramolecular Hbond substituents is 1. The van der Waals surface area contributed by atoms with Crippen LogP contribution in [-0.2, 0) is 6.61 Å². The van der Waals surface area contributed by atoms with Crippen molar-refractivity contribution >= 4 is 23.2 Å². The van der Waals surface area contributed by atoms with E-state index >= 15 is 0 Å². The molecule has 0 aliphatic carbocycles. The number of hydrogen-bond acceptors (Lipinski definition) is 5. The zero-order valence-electron chi connectivity index (χ0n) is 12.1. The molecule has 2 N–H and O–H groups in total. The fourth-order valence-electron chi connectivity index (χ4n) is 1.87. The molecular weight excluding hydrogens is 314 g/mol. The van der Waals surface area contributed by atoms with E-state index in [1.807, 2.05) is 12.1 Å². The molecule has 6 heteroatoms. The van der Waals surface area contributed by atoms with Crippen LogP contribution in [0.15, 0.2) is 60.9 Å². The number of aromatic nitrogens is 2. The Morgan fingerprint density at radius 3 is 2.26 bits per heavy atom. The Bertz CT molecular complexity index is 759. The van der Waals surface area contributed by atoms with E-state index in [0.29, 0.717) is 23.3 Å². The number of halogens is 1. The zero-order chi connectivity index (χ0) is 16.1. The van der Waals surface area contributed by atoms with Gasteiger partial charge in [0.1, 0.15) is 18.1 Å². The summed E-state index contributed by atoms with van der Waals surface area (Å²) in [5.74, 6) is 1.38. The van der Waals surface area contributed by atoms with Gasteiger partial charge in [-0.25, -0.2) is 9.97 Å². The van der Waals surface area contributed by atoms with Crippen molar-refractivity contribution in [3.8, 4) is 11.5 Å². The van der Waals surface area contributed by atoms with Crippen LogP contribution >= 0.6 is 11.6 Å². The molecule has 1 aromatic heterocycles. The number of anilines is 2. The van der Waals surface area contributed by atoms with Gasteiger partial charge in [0.05, 0.1) is 0 Å². The third-order valence-electron chi connectivity index (χ3n) is 3.05. The van der Waals surface area contributed by atoms with Crippen molar-refractivity contribution in [3.05, 3.63) is 71.5 Å². The minimum atomic E-state index is 0.207. The first-order chi connectivity index (χ1) is 11.2. The van der Waals surface area contributed by atoms with Crippen molar-refractivity contribution in [3.63, 3.8) is 0 Å². The summed E-state index contributed by atoms with van der Waals surface area (Å²) in [6.45, 7) is 0.353. The van der Waals surface area contributed by atoms with Crippen LogP contribution < -0.4 is 10.1 Å². The molecule has 3 aromatic rings. The largest absolute Gasteiger partial charge is 0.508 e. The van der Waals surface area contributed by atoms with E-state index in [1.54, 1.807) is 48.8 Å². The Morgan fingerprint density at radius 1 is 0.957 bits per heavy atom. The molecule has 0 saturated heterocycles. The standard InChI is InChI=1S/C17H14ClN3O2/c18-13-1-3-14(4-2-13)21-17-19-9-12(10-20-17)11-23-16-7-5-15(22)6-8-16/h1-10,22H,11H2,(H,19,20,21). The molecule has 0 spiro atoms. The molecule has 0 bridgehead atoms. The van der Waals surface area contributed by atoms with Crippen molar-refractivity contribution in [2.75, 3.05) is 5.32 Å². The first-order valence-corrected chi connectivity index (χ1v) is 7.32. The van der Waals surface area contributed by atoms with Gasteiger partial charge < -0.3 is 15.2 Å². The fourth-order valence-corrected chi connectivity index (χ4v) is 1.99. The van der Waals surface area contributed by atoms with Gasteiger partial charge in [-0.1, -0.05) is 11.6 Å². The first-order valence-electron chi connectivity index (χ1n) is 6.94. The average molecular weight is 328 g/mol. The van der Waals surface area contributed by atoms with Crippen molar-refractivity contribution in [2.45, 2.75) is 6.61 Å². The van der Waals surface area contributed by atoms with Crippen LogP contribution in [0.5, 0.6) is 11.5 Å². The molecule has 0 amide bonds. The Hall–Kier alpha value is -2.79. The quantitative estimate of drug-likeness (QED) is 0.736. The summed E-state index contributed by atoms with van der Waals surface area (Å²) in [4.78, 5) is 8.50. The van der Waals surface area contributed by atoms with Crippen LogP contribution in [-0.4, -0.2) is 15.1 Å². The van der Waals surface area contributed by atoms with Gasteiger partial charge in [0.15, 0.2) is 0 Å². The number of nitrogens with zero attached hydrogens (tertiary/aromatic N) is 2. The predicted octanol–water partition coefficient (Wildman–Crippen LogP) is 4.16. The molecule has 3 rings (SSSR count). The molecule has 0 atom stereocenters. The van der Waals surface area contributed by atoms with Crippen LogP contribution in [0.3, 0.4) is 0 Å². The second kappa shape index (κ2) is 6.98. The van der Waals surface area contributed by atoms with Gasteiger partial charge in [-0.15, -0.1) is 0 Å². The summed E-state index contributed by atoms with van der Waals surface area (Å²) in [6, 6.07) is 13.9. The molecule has 23 heavy (non-hydrogen) atoms. The SMILES string of the molecule is Oc1ccc(OCc2cnc(Nc3ccc(Cl)cc3)nc2)cc1. The summed E-state index contributed by atoms with van der Waals surface area (Å²) in [5, 5.41) is 13.0. The molecule has 0 aliphatic rings. The van der Waals surface area contributed by atoms with Crippen molar-refractivity contribution in [2.24, 2.45) is 0 Å². The van der Waals surface area contributed by atoms with Crippen LogP contribution in [0.1, 0.15) is 5.56 Å². The number of hydrogen-bond donors (Lipinski definition) is 2. The zero-order valence-corrected chi connectivity index (χ0v) is 12.9. The maximum atomic E-state index is 9.22. The molecule has 0 unspecified atom stereocenters. The number of benzene rings is 2. The van der Waals surface area contributed by atoms with Gasteiger partial charge in [0, 0.05) is 28.7 Å². The number of aromatic hydroxyl groups is 1.